The number of benzene rings is 2. The number of hydrogen-bond acceptors (Lipinski definition) is 3. The molecule has 1 N–H and O–H groups in total. The number of nitrogens with one attached hydrogen (secondary N) is 1. The molecule has 0 aliphatic heterocycles. The van der Waals surface area contributed by atoms with E-state index in [1.165, 1.54) is 6.07 Å². The highest BCUT2D eigenvalue weighted by atomic mass is 19.1. The molecule has 1 atom stereocenters. The van der Waals surface area contributed by atoms with Crippen LogP contribution in [0.15, 0.2) is 42.5 Å². The third-order valence-corrected chi connectivity index (χ3v) is 3.63. The minimum atomic E-state index is -0.233. The summed E-state index contributed by atoms with van der Waals surface area (Å²) in [4.78, 5) is 0. The van der Waals surface area contributed by atoms with Gasteiger partial charge < -0.3 is 14.8 Å². The Hall–Kier alpha value is -1.91. The van der Waals surface area contributed by atoms with Crippen LogP contribution in [-0.4, -0.2) is 14.2 Å². The first kappa shape index (κ1) is 16.5. The van der Waals surface area contributed by atoms with Crippen molar-refractivity contribution in [3.8, 4) is 5.75 Å². The first-order valence-corrected chi connectivity index (χ1v) is 7.28. The van der Waals surface area contributed by atoms with Crippen LogP contribution in [0.5, 0.6) is 5.75 Å². The van der Waals surface area contributed by atoms with Crippen LogP contribution in [0.4, 0.5) is 4.39 Å². The maximum atomic E-state index is 13.6. The number of rotatable bonds is 7. The maximum absolute atomic E-state index is 13.6. The van der Waals surface area contributed by atoms with E-state index < -0.39 is 0 Å². The van der Waals surface area contributed by atoms with E-state index >= 15 is 0 Å². The first-order chi connectivity index (χ1) is 10.7. The molecular formula is C18H22FNO2. The second kappa shape index (κ2) is 7.92. The normalized spacial score (nSPS) is 12.2. The average Bonchev–Trinajstić information content (AvgIpc) is 2.55. The van der Waals surface area contributed by atoms with Gasteiger partial charge in [0.15, 0.2) is 0 Å². The molecule has 2 aromatic rings. The summed E-state index contributed by atoms with van der Waals surface area (Å²) in [6.45, 7) is 3.01. The molecule has 0 radical (unpaired) electrons. The van der Waals surface area contributed by atoms with Crippen molar-refractivity contribution < 1.29 is 13.9 Å². The van der Waals surface area contributed by atoms with Gasteiger partial charge in [0.2, 0.25) is 0 Å². The Balaban J connectivity index is 2.04. The Morgan fingerprint density at radius 2 is 1.91 bits per heavy atom. The fourth-order valence-corrected chi connectivity index (χ4v) is 2.41. The minimum Gasteiger partial charge on any atom is -0.496 e. The largest absolute Gasteiger partial charge is 0.496 e. The van der Waals surface area contributed by atoms with Gasteiger partial charge in [-0.25, -0.2) is 4.39 Å². The SMILES string of the molecule is COCc1cc(CNC(C)c2ccccc2OC)ccc1F. The summed E-state index contributed by atoms with van der Waals surface area (Å²) in [6.07, 6.45) is 0. The number of halogens is 1. The smallest absolute Gasteiger partial charge is 0.128 e. The van der Waals surface area contributed by atoms with Gasteiger partial charge in [-0.05, 0) is 30.7 Å². The van der Waals surface area contributed by atoms with Gasteiger partial charge >= 0.3 is 0 Å². The second-order valence-corrected chi connectivity index (χ2v) is 5.20. The van der Waals surface area contributed by atoms with Crippen LogP contribution in [0, 0.1) is 5.82 Å². The van der Waals surface area contributed by atoms with Crippen molar-refractivity contribution in [2.24, 2.45) is 0 Å². The lowest BCUT2D eigenvalue weighted by Gasteiger charge is -2.17. The zero-order chi connectivity index (χ0) is 15.9. The van der Waals surface area contributed by atoms with Crippen molar-refractivity contribution in [3.63, 3.8) is 0 Å². The molecule has 1 unspecified atom stereocenters. The van der Waals surface area contributed by atoms with Crippen molar-refractivity contribution in [2.75, 3.05) is 14.2 Å². The molecule has 0 aliphatic carbocycles. The van der Waals surface area contributed by atoms with E-state index in [1.807, 2.05) is 30.3 Å². The molecule has 0 spiro atoms. The van der Waals surface area contributed by atoms with Gasteiger partial charge in [-0.3, -0.25) is 0 Å². The zero-order valence-corrected chi connectivity index (χ0v) is 13.2. The quantitative estimate of drug-likeness (QED) is 0.843. The molecule has 0 saturated heterocycles. The summed E-state index contributed by atoms with van der Waals surface area (Å²) < 4.78 is 24.0. The molecule has 2 rings (SSSR count). The minimum absolute atomic E-state index is 0.132. The highest BCUT2D eigenvalue weighted by Gasteiger charge is 2.11. The van der Waals surface area contributed by atoms with Crippen LogP contribution in [0.25, 0.3) is 0 Å². The predicted octanol–water partition coefficient (Wildman–Crippen LogP) is 3.83. The van der Waals surface area contributed by atoms with Crippen molar-refractivity contribution >= 4 is 0 Å². The average molecular weight is 303 g/mol. The lowest BCUT2D eigenvalue weighted by atomic mass is 10.1. The van der Waals surface area contributed by atoms with Gasteiger partial charge in [-0.1, -0.05) is 24.3 Å². The highest BCUT2D eigenvalue weighted by Crippen LogP contribution is 2.24. The Morgan fingerprint density at radius 1 is 1.14 bits per heavy atom. The molecule has 0 fully saturated rings. The highest BCUT2D eigenvalue weighted by molar-refractivity contribution is 5.35. The van der Waals surface area contributed by atoms with Crippen molar-refractivity contribution in [1.29, 1.82) is 0 Å². The fourth-order valence-electron chi connectivity index (χ4n) is 2.41. The number of methoxy groups -OCH3 is 2. The zero-order valence-electron chi connectivity index (χ0n) is 13.2. The van der Waals surface area contributed by atoms with E-state index in [9.17, 15) is 4.39 Å². The molecule has 0 bridgehead atoms. The Kier molecular flexibility index (Phi) is 5.92. The van der Waals surface area contributed by atoms with Gasteiger partial charge in [0.1, 0.15) is 11.6 Å². The van der Waals surface area contributed by atoms with Gasteiger partial charge in [0, 0.05) is 30.8 Å². The van der Waals surface area contributed by atoms with Gasteiger partial charge in [0.05, 0.1) is 13.7 Å². The summed E-state index contributed by atoms with van der Waals surface area (Å²) >= 11 is 0. The molecule has 3 nitrogen and oxygen atoms in total. The molecule has 0 amide bonds. The molecule has 0 aromatic heterocycles. The van der Waals surface area contributed by atoms with Crippen molar-refractivity contribution in [1.82, 2.24) is 5.32 Å². The summed E-state index contributed by atoms with van der Waals surface area (Å²) in [6, 6.07) is 13.2. The van der Waals surface area contributed by atoms with E-state index in [-0.39, 0.29) is 18.5 Å². The van der Waals surface area contributed by atoms with E-state index in [0.717, 1.165) is 16.9 Å². The maximum Gasteiger partial charge on any atom is 0.128 e. The molecule has 0 aliphatic rings. The molecule has 4 heteroatoms. The van der Waals surface area contributed by atoms with Crippen molar-refractivity contribution in [2.45, 2.75) is 26.1 Å². The second-order valence-electron chi connectivity index (χ2n) is 5.20. The van der Waals surface area contributed by atoms with Crippen LogP contribution in [0.2, 0.25) is 0 Å². The molecule has 0 heterocycles. The molecule has 22 heavy (non-hydrogen) atoms. The topological polar surface area (TPSA) is 30.5 Å². The van der Waals surface area contributed by atoms with Crippen LogP contribution in [-0.2, 0) is 17.9 Å². The van der Waals surface area contributed by atoms with Gasteiger partial charge in [-0.15, -0.1) is 0 Å². The lowest BCUT2D eigenvalue weighted by Crippen LogP contribution is -2.19. The van der Waals surface area contributed by atoms with Crippen LogP contribution in [0.1, 0.15) is 29.7 Å². The van der Waals surface area contributed by atoms with E-state index in [4.69, 9.17) is 9.47 Å². The van der Waals surface area contributed by atoms with E-state index in [0.29, 0.717) is 12.1 Å². The fraction of sp³-hybridized carbons (Fsp3) is 0.333. The Bertz CT molecular complexity index is 616. The summed E-state index contributed by atoms with van der Waals surface area (Å²) in [5.74, 6) is 0.630. The van der Waals surface area contributed by atoms with Crippen LogP contribution < -0.4 is 10.1 Å². The first-order valence-electron chi connectivity index (χ1n) is 7.28. The summed E-state index contributed by atoms with van der Waals surface area (Å²) in [7, 11) is 3.23. The molecule has 0 saturated carbocycles. The predicted molar refractivity (Wildman–Crippen MR) is 85.4 cm³/mol. The van der Waals surface area contributed by atoms with Crippen molar-refractivity contribution in [3.05, 3.63) is 65.0 Å². The molecule has 2 aromatic carbocycles. The van der Waals surface area contributed by atoms with Gasteiger partial charge in [-0.2, -0.15) is 0 Å². The third kappa shape index (κ3) is 4.06. The monoisotopic (exact) mass is 303 g/mol. The van der Waals surface area contributed by atoms with Crippen LogP contribution in [0.3, 0.4) is 0 Å². The third-order valence-electron chi connectivity index (χ3n) is 3.63. The number of para-hydroxylation sites is 1. The summed E-state index contributed by atoms with van der Waals surface area (Å²) in [5.41, 5.74) is 2.70. The summed E-state index contributed by atoms with van der Waals surface area (Å²) in [5, 5.41) is 3.44. The molecular weight excluding hydrogens is 281 g/mol. The Morgan fingerprint density at radius 3 is 2.64 bits per heavy atom. The van der Waals surface area contributed by atoms with Crippen LogP contribution >= 0.6 is 0 Å². The number of hydrogen-bond donors (Lipinski definition) is 1. The lowest BCUT2D eigenvalue weighted by molar-refractivity contribution is 0.181. The number of ether oxygens (including phenoxy) is 2. The standard InChI is InChI=1S/C18H22FNO2/c1-13(16-6-4-5-7-18(16)22-3)20-11-14-8-9-17(19)15(10-14)12-21-2/h4-10,13,20H,11-12H2,1-3H3. The van der Waals surface area contributed by atoms with E-state index in [1.54, 1.807) is 20.3 Å². The molecule has 118 valence electrons. The Labute approximate surface area is 131 Å². The van der Waals surface area contributed by atoms with Gasteiger partial charge in [0.25, 0.3) is 0 Å². The van der Waals surface area contributed by atoms with E-state index in [2.05, 4.69) is 12.2 Å².